The third-order valence-electron chi connectivity index (χ3n) is 3.22. The Balaban J connectivity index is 2.41. The second kappa shape index (κ2) is 5.20. The van der Waals surface area contributed by atoms with Crippen LogP contribution in [0, 0.1) is 5.41 Å². The van der Waals surface area contributed by atoms with Gasteiger partial charge in [-0.05, 0) is 31.6 Å². The van der Waals surface area contributed by atoms with Crippen LogP contribution in [0.2, 0.25) is 0 Å². The van der Waals surface area contributed by atoms with E-state index in [4.69, 9.17) is 5.84 Å². The Bertz CT molecular complexity index is 191. The lowest BCUT2D eigenvalue weighted by Crippen LogP contribution is -2.43. The molecule has 0 aromatic rings. The molecular formula is C10H22N4. The molecule has 1 saturated carbocycles. The predicted octanol–water partition coefficient (Wildman–Crippen LogP) is 0.996. The molecule has 1 rings (SSSR count). The quantitative estimate of drug-likeness (QED) is 0.273. The van der Waals surface area contributed by atoms with Gasteiger partial charge in [-0.1, -0.05) is 13.3 Å². The molecule has 0 atom stereocenters. The minimum Gasteiger partial charge on any atom is -0.356 e. The zero-order valence-electron chi connectivity index (χ0n) is 9.27. The first-order valence-electron chi connectivity index (χ1n) is 5.51. The third-order valence-corrected chi connectivity index (χ3v) is 3.22. The van der Waals surface area contributed by atoms with Crippen molar-refractivity contribution < 1.29 is 0 Å². The first-order chi connectivity index (χ1) is 6.76. The molecule has 0 bridgehead atoms. The van der Waals surface area contributed by atoms with Crippen LogP contribution in [-0.4, -0.2) is 19.0 Å². The highest BCUT2D eigenvalue weighted by atomic mass is 15.3. The van der Waals surface area contributed by atoms with E-state index in [1.165, 1.54) is 25.7 Å². The van der Waals surface area contributed by atoms with E-state index < -0.39 is 0 Å². The topological polar surface area (TPSA) is 62.4 Å². The van der Waals surface area contributed by atoms with Crippen LogP contribution in [0.25, 0.3) is 0 Å². The van der Waals surface area contributed by atoms with Gasteiger partial charge in [0.25, 0.3) is 0 Å². The van der Waals surface area contributed by atoms with Crippen molar-refractivity contribution in [2.45, 2.75) is 39.5 Å². The Morgan fingerprint density at radius 2 is 2.14 bits per heavy atom. The van der Waals surface area contributed by atoms with E-state index in [0.717, 1.165) is 13.1 Å². The van der Waals surface area contributed by atoms with Crippen LogP contribution in [0.5, 0.6) is 0 Å². The number of nitrogens with zero attached hydrogens (tertiary/aromatic N) is 1. The summed E-state index contributed by atoms with van der Waals surface area (Å²) in [6, 6.07) is 0. The van der Waals surface area contributed by atoms with Crippen molar-refractivity contribution in [1.82, 2.24) is 10.7 Å². The van der Waals surface area contributed by atoms with E-state index in [1.807, 2.05) is 6.92 Å². The second-order valence-electron chi connectivity index (χ2n) is 4.05. The van der Waals surface area contributed by atoms with E-state index in [9.17, 15) is 0 Å². The molecule has 0 spiro atoms. The average molecular weight is 198 g/mol. The van der Waals surface area contributed by atoms with Crippen molar-refractivity contribution in [3.63, 3.8) is 0 Å². The van der Waals surface area contributed by atoms with Gasteiger partial charge in [-0.2, -0.15) is 0 Å². The lowest BCUT2D eigenvalue weighted by molar-refractivity contribution is 0.139. The molecule has 4 heteroatoms. The van der Waals surface area contributed by atoms with Gasteiger partial charge in [-0.3, -0.25) is 10.4 Å². The molecule has 14 heavy (non-hydrogen) atoms. The van der Waals surface area contributed by atoms with Crippen LogP contribution in [0.4, 0.5) is 0 Å². The fraction of sp³-hybridized carbons (Fsp3) is 0.900. The Kier molecular flexibility index (Phi) is 4.20. The van der Waals surface area contributed by atoms with E-state index >= 15 is 0 Å². The first-order valence-corrected chi connectivity index (χ1v) is 5.51. The summed E-state index contributed by atoms with van der Waals surface area (Å²) in [5.41, 5.74) is 3.06. The Labute approximate surface area is 86.3 Å². The minimum atomic E-state index is 0.470. The molecule has 0 aromatic heterocycles. The molecule has 0 saturated heterocycles. The van der Waals surface area contributed by atoms with Crippen molar-refractivity contribution in [3.05, 3.63) is 0 Å². The van der Waals surface area contributed by atoms with Gasteiger partial charge in [0.2, 0.25) is 5.96 Å². The molecule has 0 aliphatic heterocycles. The van der Waals surface area contributed by atoms with Gasteiger partial charge in [0, 0.05) is 13.1 Å². The Morgan fingerprint density at radius 1 is 1.43 bits per heavy atom. The molecule has 0 radical (unpaired) electrons. The highest BCUT2D eigenvalue weighted by Gasteiger charge is 2.34. The normalized spacial score (nSPS) is 20.1. The summed E-state index contributed by atoms with van der Waals surface area (Å²) in [6.45, 7) is 6.03. The molecule has 4 nitrogen and oxygen atoms in total. The van der Waals surface area contributed by atoms with Crippen LogP contribution >= 0.6 is 0 Å². The number of hydrazine groups is 1. The molecule has 0 heterocycles. The smallest absolute Gasteiger partial charge is 0.205 e. The second-order valence-corrected chi connectivity index (χ2v) is 4.05. The summed E-state index contributed by atoms with van der Waals surface area (Å²) < 4.78 is 0. The SMILES string of the molecule is CCNC(=NCC1(CC)CCC1)NN. The lowest BCUT2D eigenvalue weighted by atomic mass is 9.67. The van der Waals surface area contributed by atoms with E-state index in [0.29, 0.717) is 11.4 Å². The van der Waals surface area contributed by atoms with Gasteiger partial charge in [0.1, 0.15) is 0 Å². The van der Waals surface area contributed by atoms with E-state index in [2.05, 4.69) is 22.7 Å². The number of rotatable bonds is 4. The molecule has 0 unspecified atom stereocenters. The molecule has 0 aromatic carbocycles. The maximum atomic E-state index is 5.35. The van der Waals surface area contributed by atoms with Crippen LogP contribution in [0.15, 0.2) is 4.99 Å². The maximum absolute atomic E-state index is 5.35. The van der Waals surface area contributed by atoms with Gasteiger partial charge in [-0.15, -0.1) is 0 Å². The van der Waals surface area contributed by atoms with Crippen LogP contribution < -0.4 is 16.6 Å². The van der Waals surface area contributed by atoms with Crippen LogP contribution in [-0.2, 0) is 0 Å². The zero-order chi connectivity index (χ0) is 10.4. The van der Waals surface area contributed by atoms with Gasteiger partial charge in [0.05, 0.1) is 0 Å². The number of nitrogens with two attached hydrogens (primary N) is 1. The highest BCUT2D eigenvalue weighted by Crippen LogP contribution is 2.43. The summed E-state index contributed by atoms with van der Waals surface area (Å²) in [4.78, 5) is 4.47. The summed E-state index contributed by atoms with van der Waals surface area (Å²) in [5.74, 6) is 6.06. The lowest BCUT2D eigenvalue weighted by Gasteiger charge is -2.40. The monoisotopic (exact) mass is 198 g/mol. The minimum absolute atomic E-state index is 0.470. The van der Waals surface area contributed by atoms with Crippen molar-refractivity contribution in [3.8, 4) is 0 Å². The highest BCUT2D eigenvalue weighted by molar-refractivity contribution is 5.79. The standard InChI is InChI=1S/C10H22N4/c1-3-10(6-5-7-10)8-13-9(14-11)12-4-2/h3-8,11H2,1-2H3,(H2,12,13,14). The van der Waals surface area contributed by atoms with E-state index in [1.54, 1.807) is 0 Å². The number of nitrogens with one attached hydrogen (secondary N) is 2. The largest absolute Gasteiger partial charge is 0.356 e. The summed E-state index contributed by atoms with van der Waals surface area (Å²) in [6.07, 6.45) is 5.21. The summed E-state index contributed by atoms with van der Waals surface area (Å²) in [5, 5.41) is 3.09. The van der Waals surface area contributed by atoms with Crippen molar-refractivity contribution in [2.24, 2.45) is 16.3 Å². The van der Waals surface area contributed by atoms with E-state index in [-0.39, 0.29) is 0 Å². The molecule has 0 amide bonds. The first kappa shape index (κ1) is 11.3. The fourth-order valence-corrected chi connectivity index (χ4v) is 1.87. The van der Waals surface area contributed by atoms with Crippen molar-refractivity contribution in [1.29, 1.82) is 0 Å². The summed E-state index contributed by atoms with van der Waals surface area (Å²) >= 11 is 0. The Morgan fingerprint density at radius 3 is 2.50 bits per heavy atom. The third kappa shape index (κ3) is 2.61. The number of aliphatic imine (C=N–C) groups is 1. The fourth-order valence-electron chi connectivity index (χ4n) is 1.87. The van der Waals surface area contributed by atoms with Crippen LogP contribution in [0.3, 0.4) is 0 Å². The molecule has 1 fully saturated rings. The number of hydrogen-bond acceptors (Lipinski definition) is 2. The maximum Gasteiger partial charge on any atom is 0.205 e. The predicted molar refractivity (Wildman–Crippen MR) is 59.9 cm³/mol. The van der Waals surface area contributed by atoms with Gasteiger partial charge in [-0.25, -0.2) is 5.84 Å². The van der Waals surface area contributed by atoms with Gasteiger partial charge >= 0.3 is 0 Å². The molecule has 4 N–H and O–H groups in total. The number of guanidine groups is 1. The van der Waals surface area contributed by atoms with Crippen molar-refractivity contribution in [2.75, 3.05) is 13.1 Å². The van der Waals surface area contributed by atoms with Gasteiger partial charge < -0.3 is 5.32 Å². The number of hydrogen-bond donors (Lipinski definition) is 3. The molecule has 1 aliphatic rings. The molecule has 82 valence electrons. The zero-order valence-corrected chi connectivity index (χ0v) is 9.27. The van der Waals surface area contributed by atoms with Crippen LogP contribution in [0.1, 0.15) is 39.5 Å². The average Bonchev–Trinajstić information content (AvgIpc) is 2.15. The van der Waals surface area contributed by atoms with Gasteiger partial charge in [0.15, 0.2) is 0 Å². The molecular weight excluding hydrogens is 176 g/mol. The summed E-state index contributed by atoms with van der Waals surface area (Å²) in [7, 11) is 0. The van der Waals surface area contributed by atoms with Crippen molar-refractivity contribution >= 4 is 5.96 Å². The Hall–Kier alpha value is -0.770. The molecule has 1 aliphatic carbocycles.